The van der Waals surface area contributed by atoms with E-state index in [0.29, 0.717) is 13.0 Å². The maximum Gasteiger partial charge on any atom is 0.407 e. The van der Waals surface area contributed by atoms with E-state index in [1.54, 1.807) is 19.2 Å². The van der Waals surface area contributed by atoms with E-state index in [9.17, 15) is 14.4 Å². The standard InChI is InChI=1S/C23H31N3O5/c1-6-15-12-18(21(28)30-7-2)20(27)26-11-9-17(13-19(15)26)25-10-8-16(14-25)24-22(29)31-23(3,4)5/h9,11-13,16H,6-8,10,14H2,1-5H3,(H,24,29). The van der Waals surface area contributed by atoms with Gasteiger partial charge >= 0.3 is 12.1 Å². The van der Waals surface area contributed by atoms with Crippen LogP contribution < -0.4 is 15.8 Å². The molecule has 8 heteroatoms. The largest absolute Gasteiger partial charge is 0.462 e. The number of anilines is 1. The fourth-order valence-electron chi connectivity index (χ4n) is 3.77. The summed E-state index contributed by atoms with van der Waals surface area (Å²) in [4.78, 5) is 39.2. The van der Waals surface area contributed by atoms with E-state index in [0.717, 1.165) is 29.7 Å². The predicted octanol–water partition coefficient (Wildman–Crippen LogP) is 3.14. The summed E-state index contributed by atoms with van der Waals surface area (Å²) in [6, 6.07) is 5.45. The molecule has 1 aliphatic heterocycles. The summed E-state index contributed by atoms with van der Waals surface area (Å²) < 4.78 is 11.9. The van der Waals surface area contributed by atoms with E-state index in [2.05, 4.69) is 10.2 Å². The van der Waals surface area contributed by atoms with Crippen molar-refractivity contribution in [2.24, 2.45) is 0 Å². The summed E-state index contributed by atoms with van der Waals surface area (Å²) in [6.07, 6.45) is 2.76. The summed E-state index contributed by atoms with van der Waals surface area (Å²) >= 11 is 0. The van der Waals surface area contributed by atoms with Crippen molar-refractivity contribution < 1.29 is 19.1 Å². The van der Waals surface area contributed by atoms with E-state index >= 15 is 0 Å². The zero-order valence-electron chi connectivity index (χ0n) is 18.9. The van der Waals surface area contributed by atoms with Gasteiger partial charge in [0, 0.05) is 25.0 Å². The molecule has 3 rings (SSSR count). The Kier molecular flexibility index (Phi) is 6.57. The lowest BCUT2D eigenvalue weighted by molar-refractivity contribution is 0.0503. The highest BCUT2D eigenvalue weighted by molar-refractivity contribution is 5.90. The minimum Gasteiger partial charge on any atom is -0.462 e. The third kappa shape index (κ3) is 5.18. The lowest BCUT2D eigenvalue weighted by Crippen LogP contribution is -2.40. The number of nitrogens with zero attached hydrogens (tertiary/aromatic N) is 2. The highest BCUT2D eigenvalue weighted by atomic mass is 16.6. The van der Waals surface area contributed by atoms with Crippen molar-refractivity contribution in [2.75, 3.05) is 24.6 Å². The van der Waals surface area contributed by atoms with Gasteiger partial charge in [0.05, 0.1) is 18.2 Å². The quantitative estimate of drug-likeness (QED) is 0.735. The Bertz CT molecular complexity index is 1040. The van der Waals surface area contributed by atoms with Crippen molar-refractivity contribution in [2.45, 2.75) is 59.1 Å². The second-order valence-electron chi connectivity index (χ2n) is 8.68. The second-order valence-corrected chi connectivity index (χ2v) is 8.68. The molecule has 1 saturated heterocycles. The third-order valence-electron chi connectivity index (χ3n) is 5.19. The number of fused-ring (bicyclic) bond motifs is 1. The Morgan fingerprint density at radius 1 is 1.23 bits per heavy atom. The SMILES string of the molecule is CCOC(=O)c1cc(CC)c2cc(N3CCC(NC(=O)OC(C)(C)C)C3)ccn2c1=O. The average Bonchev–Trinajstić information content (AvgIpc) is 3.15. The van der Waals surface area contributed by atoms with Gasteiger partial charge in [-0.1, -0.05) is 6.92 Å². The first-order valence-electron chi connectivity index (χ1n) is 10.7. The molecule has 8 nitrogen and oxygen atoms in total. The van der Waals surface area contributed by atoms with Gasteiger partial charge in [-0.15, -0.1) is 0 Å². The fraction of sp³-hybridized carbons (Fsp3) is 0.522. The van der Waals surface area contributed by atoms with Crippen molar-refractivity contribution in [3.05, 3.63) is 45.9 Å². The first-order valence-corrected chi connectivity index (χ1v) is 10.7. The maximum atomic E-state index is 12.8. The molecular formula is C23H31N3O5. The highest BCUT2D eigenvalue weighted by Gasteiger charge is 2.27. The number of ether oxygens (including phenoxy) is 2. The van der Waals surface area contributed by atoms with E-state index < -0.39 is 17.7 Å². The Morgan fingerprint density at radius 2 is 1.97 bits per heavy atom. The van der Waals surface area contributed by atoms with Gasteiger partial charge in [0.2, 0.25) is 0 Å². The number of esters is 1. The lowest BCUT2D eigenvalue weighted by atomic mass is 10.1. The summed E-state index contributed by atoms with van der Waals surface area (Å²) in [5.74, 6) is -0.601. The molecule has 3 heterocycles. The predicted molar refractivity (Wildman–Crippen MR) is 119 cm³/mol. The molecule has 1 amide bonds. The number of rotatable bonds is 5. The number of aromatic nitrogens is 1. The molecule has 168 valence electrons. The Labute approximate surface area is 182 Å². The minimum atomic E-state index is -0.601. The molecule has 2 aromatic rings. The monoisotopic (exact) mass is 429 g/mol. The van der Waals surface area contributed by atoms with Crippen LogP contribution >= 0.6 is 0 Å². The molecule has 31 heavy (non-hydrogen) atoms. The van der Waals surface area contributed by atoms with Gasteiger partial charge in [0.1, 0.15) is 11.2 Å². The van der Waals surface area contributed by atoms with Crippen molar-refractivity contribution in [1.29, 1.82) is 0 Å². The van der Waals surface area contributed by atoms with Crippen LogP contribution in [0.3, 0.4) is 0 Å². The van der Waals surface area contributed by atoms with Gasteiger partial charge in [-0.05, 0) is 64.3 Å². The topological polar surface area (TPSA) is 89.3 Å². The molecule has 1 fully saturated rings. The van der Waals surface area contributed by atoms with Crippen molar-refractivity contribution in [3.8, 4) is 0 Å². The Balaban J connectivity index is 1.83. The van der Waals surface area contributed by atoms with Crippen LogP contribution in [0.1, 0.15) is 57.0 Å². The number of hydrogen-bond acceptors (Lipinski definition) is 6. The van der Waals surface area contributed by atoms with Crippen LogP contribution in [0.15, 0.2) is 29.2 Å². The molecule has 0 aromatic carbocycles. The molecule has 0 radical (unpaired) electrons. The normalized spacial score (nSPS) is 16.4. The zero-order valence-corrected chi connectivity index (χ0v) is 18.9. The number of carbonyl (C=O) groups excluding carboxylic acids is 2. The number of nitrogens with one attached hydrogen (secondary N) is 1. The fourth-order valence-corrected chi connectivity index (χ4v) is 3.77. The second kappa shape index (κ2) is 8.99. The molecule has 1 N–H and O–H groups in total. The summed E-state index contributed by atoms with van der Waals surface area (Å²) in [5.41, 5.74) is 1.75. The number of hydrogen-bond donors (Lipinski definition) is 1. The van der Waals surface area contributed by atoms with E-state index in [1.807, 2.05) is 39.8 Å². The number of aryl methyl sites for hydroxylation is 1. The lowest BCUT2D eigenvalue weighted by Gasteiger charge is -2.23. The first kappa shape index (κ1) is 22.7. The first-order chi connectivity index (χ1) is 14.6. The number of carbonyl (C=O) groups is 2. The smallest absolute Gasteiger partial charge is 0.407 e. The van der Waals surface area contributed by atoms with E-state index in [-0.39, 0.29) is 23.8 Å². The molecule has 0 bridgehead atoms. The van der Waals surface area contributed by atoms with Crippen molar-refractivity contribution >= 4 is 23.3 Å². The zero-order chi connectivity index (χ0) is 22.8. The third-order valence-corrected chi connectivity index (χ3v) is 5.19. The Hall–Kier alpha value is -3.03. The van der Waals surface area contributed by atoms with Crippen LogP contribution in [-0.4, -0.2) is 47.8 Å². The molecular weight excluding hydrogens is 398 g/mol. The summed E-state index contributed by atoms with van der Waals surface area (Å²) in [6.45, 7) is 10.9. The molecule has 0 spiro atoms. The molecule has 1 atom stereocenters. The van der Waals surface area contributed by atoms with Crippen LogP contribution in [0.4, 0.5) is 10.5 Å². The molecule has 0 aliphatic carbocycles. The minimum absolute atomic E-state index is 0.00916. The number of pyridine rings is 2. The van der Waals surface area contributed by atoms with Gasteiger partial charge in [-0.25, -0.2) is 9.59 Å². The van der Waals surface area contributed by atoms with E-state index in [1.165, 1.54) is 4.40 Å². The van der Waals surface area contributed by atoms with Gasteiger partial charge in [0.15, 0.2) is 0 Å². The molecule has 0 saturated carbocycles. The maximum absolute atomic E-state index is 12.8. The van der Waals surface area contributed by atoms with Crippen LogP contribution in [-0.2, 0) is 15.9 Å². The van der Waals surface area contributed by atoms with Gasteiger partial charge in [-0.2, -0.15) is 0 Å². The number of alkyl carbamates (subject to hydrolysis) is 1. The van der Waals surface area contributed by atoms with Gasteiger partial charge in [-0.3, -0.25) is 9.20 Å². The van der Waals surface area contributed by atoms with Crippen LogP contribution in [0.2, 0.25) is 0 Å². The van der Waals surface area contributed by atoms with Crippen LogP contribution in [0.5, 0.6) is 0 Å². The number of amides is 1. The molecule has 2 aromatic heterocycles. The van der Waals surface area contributed by atoms with Gasteiger partial charge in [0.25, 0.3) is 5.56 Å². The van der Waals surface area contributed by atoms with E-state index in [4.69, 9.17) is 9.47 Å². The highest BCUT2D eigenvalue weighted by Crippen LogP contribution is 2.24. The van der Waals surface area contributed by atoms with Crippen molar-refractivity contribution in [3.63, 3.8) is 0 Å². The molecule has 1 aliphatic rings. The van der Waals surface area contributed by atoms with Gasteiger partial charge < -0.3 is 19.7 Å². The van der Waals surface area contributed by atoms with Crippen molar-refractivity contribution in [1.82, 2.24) is 9.72 Å². The summed E-state index contributed by atoms with van der Waals surface area (Å²) in [7, 11) is 0. The molecule has 1 unspecified atom stereocenters. The van der Waals surface area contributed by atoms with Crippen LogP contribution in [0, 0.1) is 0 Å². The van der Waals surface area contributed by atoms with Crippen LogP contribution in [0.25, 0.3) is 5.52 Å². The average molecular weight is 430 g/mol. The summed E-state index contributed by atoms with van der Waals surface area (Å²) in [5, 5.41) is 2.93. The Morgan fingerprint density at radius 3 is 2.61 bits per heavy atom.